The zero-order chi connectivity index (χ0) is 14.0. The second-order valence-electron chi connectivity index (χ2n) is 5.85. The lowest BCUT2D eigenvalue weighted by Gasteiger charge is -2.33. The molecule has 0 bridgehead atoms. The normalized spacial score (nSPS) is 18.1. The lowest BCUT2D eigenvalue weighted by molar-refractivity contribution is 0.0238. The first-order chi connectivity index (χ1) is 9.68. The number of aromatic nitrogens is 1. The molecule has 0 spiro atoms. The topological polar surface area (TPSA) is 54.1 Å². The van der Waals surface area contributed by atoms with E-state index in [0.29, 0.717) is 12.1 Å². The minimum Gasteiger partial charge on any atom is -0.381 e. The van der Waals surface area contributed by atoms with Crippen LogP contribution < -0.4 is 5.32 Å². The molecule has 1 aromatic heterocycles. The number of ether oxygens (including phenoxy) is 1. The third kappa shape index (κ3) is 2.56. The van der Waals surface area contributed by atoms with Crippen molar-refractivity contribution in [2.75, 3.05) is 19.8 Å². The summed E-state index contributed by atoms with van der Waals surface area (Å²) in [5.41, 5.74) is 1.77. The zero-order valence-corrected chi connectivity index (χ0v) is 11.7. The van der Waals surface area contributed by atoms with Gasteiger partial charge in [-0.05, 0) is 30.4 Å². The largest absolute Gasteiger partial charge is 0.381 e. The number of para-hydroxylation sites is 1. The van der Waals surface area contributed by atoms with Crippen LogP contribution in [0.2, 0.25) is 0 Å². The van der Waals surface area contributed by atoms with E-state index in [1.54, 1.807) is 0 Å². The molecule has 1 amide bonds. The summed E-state index contributed by atoms with van der Waals surface area (Å²) >= 11 is 0. The summed E-state index contributed by atoms with van der Waals surface area (Å²) in [5.74, 6) is -0.00855. The summed E-state index contributed by atoms with van der Waals surface area (Å²) < 4.78 is 5.39. The number of amides is 1. The maximum atomic E-state index is 12.4. The Hall–Kier alpha value is -1.81. The monoisotopic (exact) mass is 272 g/mol. The Morgan fingerprint density at radius 1 is 1.35 bits per heavy atom. The first-order valence-corrected chi connectivity index (χ1v) is 7.10. The lowest BCUT2D eigenvalue weighted by atomic mass is 9.82. The Labute approximate surface area is 118 Å². The SMILES string of the molecule is CC1(CNC(=O)c2cccc3cc[nH]c23)CCOCC1. The number of hydrogen-bond donors (Lipinski definition) is 2. The van der Waals surface area contributed by atoms with Crippen molar-refractivity contribution in [2.24, 2.45) is 5.41 Å². The number of aromatic amines is 1. The third-order valence-electron chi connectivity index (χ3n) is 4.21. The second kappa shape index (κ2) is 5.29. The Morgan fingerprint density at radius 3 is 2.95 bits per heavy atom. The number of nitrogens with one attached hydrogen (secondary N) is 2. The van der Waals surface area contributed by atoms with Gasteiger partial charge in [0.25, 0.3) is 5.91 Å². The molecule has 20 heavy (non-hydrogen) atoms. The third-order valence-corrected chi connectivity index (χ3v) is 4.21. The molecular weight excluding hydrogens is 252 g/mol. The molecule has 1 aliphatic heterocycles. The van der Waals surface area contributed by atoms with Crippen LogP contribution in [0.15, 0.2) is 30.5 Å². The summed E-state index contributed by atoms with van der Waals surface area (Å²) in [4.78, 5) is 15.5. The van der Waals surface area contributed by atoms with Crippen molar-refractivity contribution in [3.8, 4) is 0 Å². The fourth-order valence-electron chi connectivity index (χ4n) is 2.70. The zero-order valence-electron chi connectivity index (χ0n) is 11.7. The molecule has 1 fully saturated rings. The Balaban J connectivity index is 1.71. The van der Waals surface area contributed by atoms with E-state index in [0.717, 1.165) is 37.0 Å². The van der Waals surface area contributed by atoms with Gasteiger partial charge in [0.1, 0.15) is 0 Å². The van der Waals surface area contributed by atoms with Crippen LogP contribution >= 0.6 is 0 Å². The number of carbonyl (C=O) groups is 1. The van der Waals surface area contributed by atoms with Gasteiger partial charge in [-0.3, -0.25) is 4.79 Å². The van der Waals surface area contributed by atoms with E-state index >= 15 is 0 Å². The number of benzene rings is 1. The highest BCUT2D eigenvalue weighted by Gasteiger charge is 2.28. The van der Waals surface area contributed by atoms with Crippen molar-refractivity contribution in [1.82, 2.24) is 10.3 Å². The molecule has 2 aromatic rings. The molecule has 0 atom stereocenters. The molecular formula is C16H20N2O2. The van der Waals surface area contributed by atoms with Crippen LogP contribution in [-0.2, 0) is 4.74 Å². The van der Waals surface area contributed by atoms with E-state index in [9.17, 15) is 4.79 Å². The van der Waals surface area contributed by atoms with E-state index in [-0.39, 0.29) is 11.3 Å². The highest BCUT2D eigenvalue weighted by molar-refractivity contribution is 6.05. The first-order valence-electron chi connectivity index (χ1n) is 7.10. The molecule has 0 aliphatic carbocycles. The smallest absolute Gasteiger partial charge is 0.253 e. The fourth-order valence-corrected chi connectivity index (χ4v) is 2.70. The predicted octanol–water partition coefficient (Wildman–Crippen LogP) is 2.71. The maximum Gasteiger partial charge on any atom is 0.253 e. The highest BCUT2D eigenvalue weighted by atomic mass is 16.5. The first kappa shape index (κ1) is 13.2. The van der Waals surface area contributed by atoms with Crippen molar-refractivity contribution >= 4 is 16.8 Å². The van der Waals surface area contributed by atoms with Crippen molar-refractivity contribution in [3.63, 3.8) is 0 Å². The van der Waals surface area contributed by atoms with E-state index in [1.165, 1.54) is 0 Å². The molecule has 106 valence electrons. The standard InChI is InChI=1S/C16H20N2O2/c1-16(6-9-20-10-7-16)11-18-15(19)13-4-2-3-12-5-8-17-14(12)13/h2-5,8,17H,6-7,9-11H2,1H3,(H,18,19). The van der Waals surface area contributed by atoms with E-state index in [4.69, 9.17) is 4.74 Å². The van der Waals surface area contributed by atoms with Crippen LogP contribution in [0.4, 0.5) is 0 Å². The molecule has 0 saturated carbocycles. The molecule has 2 heterocycles. The average molecular weight is 272 g/mol. The van der Waals surface area contributed by atoms with Gasteiger partial charge < -0.3 is 15.0 Å². The van der Waals surface area contributed by atoms with Crippen LogP contribution in [0.1, 0.15) is 30.1 Å². The van der Waals surface area contributed by atoms with Gasteiger partial charge in [0.05, 0.1) is 11.1 Å². The van der Waals surface area contributed by atoms with Crippen LogP contribution in [0.3, 0.4) is 0 Å². The maximum absolute atomic E-state index is 12.4. The number of hydrogen-bond acceptors (Lipinski definition) is 2. The van der Waals surface area contributed by atoms with Gasteiger partial charge >= 0.3 is 0 Å². The van der Waals surface area contributed by atoms with Gasteiger partial charge in [-0.2, -0.15) is 0 Å². The molecule has 0 unspecified atom stereocenters. The van der Waals surface area contributed by atoms with E-state index < -0.39 is 0 Å². The van der Waals surface area contributed by atoms with Gasteiger partial charge in [0.15, 0.2) is 0 Å². The quantitative estimate of drug-likeness (QED) is 0.902. The van der Waals surface area contributed by atoms with Gasteiger partial charge in [-0.1, -0.05) is 19.1 Å². The molecule has 4 heteroatoms. The van der Waals surface area contributed by atoms with Crippen LogP contribution in [-0.4, -0.2) is 30.6 Å². The van der Waals surface area contributed by atoms with Crippen LogP contribution in [0, 0.1) is 5.41 Å². The minimum absolute atomic E-state index is 0.00855. The van der Waals surface area contributed by atoms with Crippen LogP contribution in [0.5, 0.6) is 0 Å². The molecule has 0 radical (unpaired) electrons. The fraction of sp³-hybridized carbons (Fsp3) is 0.438. The van der Waals surface area contributed by atoms with Crippen molar-refractivity contribution in [1.29, 1.82) is 0 Å². The average Bonchev–Trinajstić information content (AvgIpc) is 2.94. The molecule has 2 N–H and O–H groups in total. The predicted molar refractivity (Wildman–Crippen MR) is 78.8 cm³/mol. The molecule has 4 nitrogen and oxygen atoms in total. The van der Waals surface area contributed by atoms with Crippen LogP contribution in [0.25, 0.3) is 10.9 Å². The Bertz CT molecular complexity index is 612. The van der Waals surface area contributed by atoms with Crippen molar-refractivity contribution in [3.05, 3.63) is 36.0 Å². The summed E-state index contributed by atoms with van der Waals surface area (Å²) in [5, 5.41) is 4.14. The Kier molecular flexibility index (Phi) is 3.49. The van der Waals surface area contributed by atoms with E-state index in [2.05, 4.69) is 17.2 Å². The minimum atomic E-state index is -0.00855. The molecule has 1 saturated heterocycles. The Morgan fingerprint density at radius 2 is 2.15 bits per heavy atom. The molecule has 1 aromatic carbocycles. The summed E-state index contributed by atoms with van der Waals surface area (Å²) in [6, 6.07) is 7.76. The molecule has 3 rings (SSSR count). The highest BCUT2D eigenvalue weighted by Crippen LogP contribution is 2.28. The van der Waals surface area contributed by atoms with Crippen molar-refractivity contribution < 1.29 is 9.53 Å². The van der Waals surface area contributed by atoms with Gasteiger partial charge in [-0.25, -0.2) is 0 Å². The summed E-state index contributed by atoms with van der Waals surface area (Å²) in [6.07, 6.45) is 3.86. The summed E-state index contributed by atoms with van der Waals surface area (Å²) in [6.45, 7) is 4.49. The number of fused-ring (bicyclic) bond motifs is 1. The van der Waals surface area contributed by atoms with Gasteiger partial charge in [0.2, 0.25) is 0 Å². The van der Waals surface area contributed by atoms with E-state index in [1.807, 2.05) is 30.5 Å². The van der Waals surface area contributed by atoms with Gasteiger partial charge in [-0.15, -0.1) is 0 Å². The summed E-state index contributed by atoms with van der Waals surface area (Å²) in [7, 11) is 0. The second-order valence-corrected chi connectivity index (χ2v) is 5.85. The number of carbonyl (C=O) groups excluding carboxylic acids is 1. The number of rotatable bonds is 3. The van der Waals surface area contributed by atoms with Crippen molar-refractivity contribution in [2.45, 2.75) is 19.8 Å². The van der Waals surface area contributed by atoms with Gasteiger partial charge in [0, 0.05) is 31.3 Å². The number of H-pyrrole nitrogens is 1. The molecule has 1 aliphatic rings. The lowest BCUT2D eigenvalue weighted by Crippen LogP contribution is -2.39.